The van der Waals surface area contributed by atoms with Gasteiger partial charge in [-0.3, -0.25) is 4.98 Å². The lowest BCUT2D eigenvalue weighted by Crippen LogP contribution is -2.35. The molecule has 0 spiro atoms. The predicted molar refractivity (Wildman–Crippen MR) is 71.9 cm³/mol. The first-order valence-electron chi connectivity index (χ1n) is 6.74. The average Bonchev–Trinajstić information content (AvgIpc) is 2.45. The Hall–Kier alpha value is -1.05. The van der Waals surface area contributed by atoms with E-state index in [1.165, 1.54) is 0 Å². The molecule has 1 heterocycles. The van der Waals surface area contributed by atoms with Gasteiger partial charge in [0.1, 0.15) is 10.7 Å². The Morgan fingerprint density at radius 1 is 1.30 bits per heavy atom. The molecular weight excluding hydrogens is 283 g/mol. The van der Waals surface area contributed by atoms with Crippen LogP contribution >= 0.6 is 0 Å². The van der Waals surface area contributed by atoms with Crippen LogP contribution in [0.15, 0.2) is 23.4 Å². The van der Waals surface area contributed by atoms with Crippen molar-refractivity contribution in [3.8, 4) is 0 Å². The molecule has 2 rings (SSSR count). The normalized spacial score (nSPS) is 23.7. The molecule has 1 aliphatic rings. The van der Waals surface area contributed by atoms with Gasteiger partial charge in [0.15, 0.2) is 0 Å². The zero-order chi connectivity index (χ0) is 14.6. The van der Waals surface area contributed by atoms with Crippen molar-refractivity contribution in [1.82, 2.24) is 9.71 Å². The fourth-order valence-corrected chi connectivity index (χ4v) is 3.70. The largest absolute Gasteiger partial charge is 0.396 e. The lowest BCUT2D eigenvalue weighted by Gasteiger charge is -2.30. The molecule has 7 heteroatoms. The molecule has 1 aromatic heterocycles. The first-order valence-corrected chi connectivity index (χ1v) is 8.22. The maximum absolute atomic E-state index is 13.0. The molecule has 112 valence electrons. The number of halogens is 1. The van der Waals surface area contributed by atoms with Crippen molar-refractivity contribution in [2.75, 3.05) is 13.2 Å². The summed E-state index contributed by atoms with van der Waals surface area (Å²) >= 11 is 0. The topological polar surface area (TPSA) is 79.3 Å². The molecule has 5 nitrogen and oxygen atoms in total. The fraction of sp³-hybridized carbons (Fsp3) is 0.615. The number of aliphatic hydroxyl groups excluding tert-OH is 1. The summed E-state index contributed by atoms with van der Waals surface area (Å²) in [6, 6.07) is 0.944. The minimum atomic E-state index is -3.75. The van der Waals surface area contributed by atoms with Crippen LogP contribution in [-0.4, -0.2) is 31.7 Å². The SMILES string of the molecule is O=S(=O)(NCC1CCCCC1CO)c1cncc(F)c1. The molecule has 0 aliphatic heterocycles. The smallest absolute Gasteiger partial charge is 0.242 e. The summed E-state index contributed by atoms with van der Waals surface area (Å²) in [6.45, 7) is 0.345. The molecule has 0 saturated heterocycles. The number of rotatable bonds is 5. The highest BCUT2D eigenvalue weighted by atomic mass is 32.2. The van der Waals surface area contributed by atoms with Crippen LogP contribution in [0.3, 0.4) is 0 Å². The number of nitrogens with one attached hydrogen (secondary N) is 1. The van der Waals surface area contributed by atoms with E-state index in [9.17, 15) is 17.9 Å². The number of nitrogens with zero attached hydrogens (tertiary/aromatic N) is 1. The number of sulfonamides is 1. The van der Waals surface area contributed by atoms with Gasteiger partial charge in [0.05, 0.1) is 6.20 Å². The molecule has 1 aliphatic carbocycles. The summed E-state index contributed by atoms with van der Waals surface area (Å²) in [5, 5.41) is 9.31. The Labute approximate surface area is 118 Å². The molecule has 20 heavy (non-hydrogen) atoms. The van der Waals surface area contributed by atoms with Crippen LogP contribution in [0.2, 0.25) is 0 Å². The second-order valence-corrected chi connectivity index (χ2v) is 6.94. The number of pyridine rings is 1. The van der Waals surface area contributed by atoms with Gasteiger partial charge in [0, 0.05) is 19.3 Å². The van der Waals surface area contributed by atoms with Gasteiger partial charge in [0.2, 0.25) is 10.0 Å². The molecule has 1 fully saturated rings. The lowest BCUT2D eigenvalue weighted by molar-refractivity contribution is 0.136. The van der Waals surface area contributed by atoms with E-state index in [1.54, 1.807) is 0 Å². The van der Waals surface area contributed by atoms with Gasteiger partial charge in [-0.2, -0.15) is 0 Å². The van der Waals surface area contributed by atoms with Gasteiger partial charge in [-0.05, 0) is 30.7 Å². The lowest BCUT2D eigenvalue weighted by atomic mass is 9.80. The van der Waals surface area contributed by atoms with E-state index in [0.717, 1.165) is 44.1 Å². The van der Waals surface area contributed by atoms with E-state index in [1.807, 2.05) is 0 Å². The third-order valence-corrected chi connectivity index (χ3v) is 5.22. The molecule has 1 aromatic rings. The van der Waals surface area contributed by atoms with Crippen molar-refractivity contribution in [3.63, 3.8) is 0 Å². The van der Waals surface area contributed by atoms with Crippen molar-refractivity contribution >= 4 is 10.0 Å². The van der Waals surface area contributed by atoms with Gasteiger partial charge >= 0.3 is 0 Å². The summed E-state index contributed by atoms with van der Waals surface area (Å²) in [5.74, 6) is -0.416. The molecule has 2 atom stereocenters. The van der Waals surface area contributed by atoms with Gasteiger partial charge in [-0.15, -0.1) is 0 Å². The molecule has 0 bridgehead atoms. The Bertz CT molecular complexity index is 550. The van der Waals surface area contributed by atoms with Gasteiger partial charge in [-0.25, -0.2) is 17.5 Å². The maximum atomic E-state index is 13.0. The Kier molecular flexibility index (Phi) is 5.06. The Morgan fingerprint density at radius 2 is 2.00 bits per heavy atom. The van der Waals surface area contributed by atoms with Crippen molar-refractivity contribution < 1.29 is 17.9 Å². The number of aromatic nitrogens is 1. The minimum Gasteiger partial charge on any atom is -0.396 e. The van der Waals surface area contributed by atoms with Gasteiger partial charge in [0.25, 0.3) is 0 Å². The molecule has 2 N–H and O–H groups in total. The average molecular weight is 302 g/mol. The van der Waals surface area contributed by atoms with E-state index in [0.29, 0.717) is 0 Å². The first-order chi connectivity index (χ1) is 9.53. The van der Waals surface area contributed by atoms with E-state index in [4.69, 9.17) is 0 Å². The van der Waals surface area contributed by atoms with Crippen LogP contribution in [-0.2, 0) is 10.0 Å². The highest BCUT2D eigenvalue weighted by Gasteiger charge is 2.26. The quantitative estimate of drug-likeness (QED) is 0.859. The van der Waals surface area contributed by atoms with Gasteiger partial charge in [-0.1, -0.05) is 12.8 Å². The highest BCUT2D eigenvalue weighted by Crippen LogP contribution is 2.29. The Balaban J connectivity index is 2.02. The number of aliphatic hydroxyl groups is 1. The second-order valence-electron chi connectivity index (χ2n) is 5.18. The summed E-state index contributed by atoms with van der Waals surface area (Å²) in [6.07, 6.45) is 6.02. The molecule has 0 radical (unpaired) electrons. The number of hydrogen-bond acceptors (Lipinski definition) is 4. The van der Waals surface area contributed by atoms with E-state index in [-0.39, 0.29) is 29.9 Å². The summed E-state index contributed by atoms with van der Waals surface area (Å²) < 4.78 is 39.6. The Morgan fingerprint density at radius 3 is 2.65 bits per heavy atom. The minimum absolute atomic E-state index is 0.0773. The molecular formula is C13H19FN2O3S. The maximum Gasteiger partial charge on any atom is 0.242 e. The van der Waals surface area contributed by atoms with Crippen LogP contribution < -0.4 is 4.72 Å². The zero-order valence-corrected chi connectivity index (χ0v) is 11.9. The standard InChI is InChI=1S/C13H19FN2O3S/c14-12-5-13(8-15-7-12)20(18,19)16-6-10-3-1-2-4-11(10)9-17/h5,7-8,10-11,16-17H,1-4,6,9H2. The second kappa shape index (κ2) is 6.60. The van der Waals surface area contributed by atoms with Crippen molar-refractivity contribution in [2.24, 2.45) is 11.8 Å². The van der Waals surface area contributed by atoms with E-state index < -0.39 is 15.8 Å². The van der Waals surface area contributed by atoms with E-state index >= 15 is 0 Å². The van der Waals surface area contributed by atoms with Crippen LogP contribution in [0.1, 0.15) is 25.7 Å². The zero-order valence-electron chi connectivity index (χ0n) is 11.1. The van der Waals surface area contributed by atoms with Crippen molar-refractivity contribution in [1.29, 1.82) is 0 Å². The summed E-state index contributed by atoms with van der Waals surface area (Å²) in [4.78, 5) is 3.37. The third kappa shape index (κ3) is 3.74. The van der Waals surface area contributed by atoms with Crippen LogP contribution in [0, 0.1) is 17.7 Å². The fourth-order valence-electron chi connectivity index (χ4n) is 2.63. The van der Waals surface area contributed by atoms with Crippen LogP contribution in [0.4, 0.5) is 4.39 Å². The molecule has 2 unspecified atom stereocenters. The summed E-state index contributed by atoms with van der Waals surface area (Å²) in [5.41, 5.74) is 0. The number of hydrogen-bond donors (Lipinski definition) is 2. The van der Waals surface area contributed by atoms with Crippen molar-refractivity contribution in [2.45, 2.75) is 30.6 Å². The predicted octanol–water partition coefficient (Wildman–Crippen LogP) is 1.30. The van der Waals surface area contributed by atoms with Crippen LogP contribution in [0.25, 0.3) is 0 Å². The van der Waals surface area contributed by atoms with Crippen molar-refractivity contribution in [3.05, 3.63) is 24.3 Å². The van der Waals surface area contributed by atoms with Crippen LogP contribution in [0.5, 0.6) is 0 Å². The molecule has 0 aromatic carbocycles. The monoisotopic (exact) mass is 302 g/mol. The summed E-state index contributed by atoms with van der Waals surface area (Å²) in [7, 11) is -3.75. The first kappa shape index (κ1) is 15.3. The highest BCUT2D eigenvalue weighted by molar-refractivity contribution is 7.89. The third-order valence-electron chi connectivity index (χ3n) is 3.83. The molecule has 1 saturated carbocycles. The van der Waals surface area contributed by atoms with E-state index in [2.05, 4.69) is 9.71 Å². The molecule has 0 amide bonds. The van der Waals surface area contributed by atoms with Gasteiger partial charge < -0.3 is 5.11 Å².